The zero-order chi connectivity index (χ0) is 11.3. The molecule has 0 aliphatic rings. The molecule has 0 atom stereocenters. The third kappa shape index (κ3) is 5.18. The maximum Gasteiger partial charge on any atom is 0.185 e. The number of rotatable bonds is 5. The summed E-state index contributed by atoms with van der Waals surface area (Å²) in [5, 5.41) is 0. The topological polar surface area (TPSA) is 9.23 Å². The van der Waals surface area contributed by atoms with Crippen molar-refractivity contribution in [2.75, 3.05) is 19.5 Å². The molecule has 0 heterocycles. The van der Waals surface area contributed by atoms with E-state index in [9.17, 15) is 0 Å². The minimum atomic E-state index is -1.22. The Hall–Kier alpha value is -0.550. The normalized spacial score (nSPS) is 11.8. The van der Waals surface area contributed by atoms with Crippen LogP contribution >= 0.6 is 7.49 Å². The van der Waals surface area contributed by atoms with Crippen LogP contribution in [0.3, 0.4) is 0 Å². The van der Waals surface area contributed by atoms with Gasteiger partial charge in [0.2, 0.25) is 0 Å². The second-order valence-corrected chi connectivity index (χ2v) is 8.66. The van der Waals surface area contributed by atoms with Gasteiger partial charge in [0.25, 0.3) is 0 Å². The summed E-state index contributed by atoms with van der Waals surface area (Å²) in [6.07, 6.45) is 2.47. The highest BCUT2D eigenvalue weighted by Gasteiger charge is 2.28. The average Bonchev–Trinajstić information content (AvgIpc) is 2.16. The number of hydrogen-bond donors (Lipinski definition) is 0. The van der Waals surface area contributed by atoms with E-state index in [1.165, 1.54) is 12.6 Å². The van der Waals surface area contributed by atoms with Gasteiger partial charge in [-0.15, -0.1) is 0 Å². The molecule has 0 N–H and O–H groups in total. The second-order valence-electron chi connectivity index (χ2n) is 4.88. The molecule has 0 bridgehead atoms. The summed E-state index contributed by atoms with van der Waals surface area (Å²) in [6.45, 7) is 9.07. The fourth-order valence-electron chi connectivity index (χ4n) is 1.38. The molecule has 2 heteroatoms. The van der Waals surface area contributed by atoms with E-state index in [2.05, 4.69) is 27.2 Å². The summed E-state index contributed by atoms with van der Waals surface area (Å²) in [5.74, 6) is 1.78. The molecule has 0 aliphatic heterocycles. The molecule has 1 rings (SSSR count). The van der Waals surface area contributed by atoms with Crippen LogP contribution < -0.4 is 4.52 Å². The van der Waals surface area contributed by atoms with Gasteiger partial charge < -0.3 is 4.52 Å². The highest BCUT2D eigenvalue weighted by atomic mass is 31.2. The Labute approximate surface area is 94.3 Å². The number of para-hydroxylation sites is 1. The SMILES string of the molecule is CC(C)CC[P+](C)(C)Oc1ccccc1. The minimum absolute atomic E-state index is 0.767. The van der Waals surface area contributed by atoms with Gasteiger partial charge >= 0.3 is 0 Å². The molecule has 0 radical (unpaired) electrons. The lowest BCUT2D eigenvalue weighted by atomic mass is 10.2. The van der Waals surface area contributed by atoms with Crippen molar-refractivity contribution < 1.29 is 4.52 Å². The van der Waals surface area contributed by atoms with E-state index in [4.69, 9.17) is 4.52 Å². The zero-order valence-electron chi connectivity index (χ0n) is 10.2. The molecule has 0 aliphatic carbocycles. The number of benzene rings is 1. The van der Waals surface area contributed by atoms with Crippen LogP contribution in [-0.4, -0.2) is 19.5 Å². The first-order valence-corrected chi connectivity index (χ1v) is 8.36. The van der Waals surface area contributed by atoms with Gasteiger partial charge in [0, 0.05) is 0 Å². The third-order valence-corrected chi connectivity index (χ3v) is 4.38. The van der Waals surface area contributed by atoms with Crippen molar-refractivity contribution in [3.05, 3.63) is 30.3 Å². The van der Waals surface area contributed by atoms with Crippen molar-refractivity contribution in [2.24, 2.45) is 5.92 Å². The van der Waals surface area contributed by atoms with E-state index in [0.717, 1.165) is 11.7 Å². The Bertz CT molecular complexity index is 280. The lowest BCUT2D eigenvalue weighted by molar-refractivity contribution is 0.576. The van der Waals surface area contributed by atoms with E-state index in [1.54, 1.807) is 0 Å². The van der Waals surface area contributed by atoms with Crippen molar-refractivity contribution in [1.82, 2.24) is 0 Å². The van der Waals surface area contributed by atoms with Gasteiger partial charge in [0.15, 0.2) is 13.2 Å². The summed E-state index contributed by atoms with van der Waals surface area (Å²) in [7, 11) is -1.22. The summed E-state index contributed by atoms with van der Waals surface area (Å²) in [4.78, 5) is 0. The predicted octanol–water partition coefficient (Wildman–Crippen LogP) is 4.30. The van der Waals surface area contributed by atoms with Crippen molar-refractivity contribution in [3.8, 4) is 5.75 Å². The molecule has 1 nitrogen and oxygen atoms in total. The molecule has 0 amide bonds. The van der Waals surface area contributed by atoms with Gasteiger partial charge in [-0.1, -0.05) is 32.0 Å². The Balaban J connectivity index is 2.49. The molecule has 1 aromatic rings. The monoisotopic (exact) mass is 225 g/mol. The largest absolute Gasteiger partial charge is 0.351 e. The molecular weight excluding hydrogens is 203 g/mol. The highest BCUT2D eigenvalue weighted by Crippen LogP contribution is 2.52. The van der Waals surface area contributed by atoms with Crippen LogP contribution in [0.1, 0.15) is 20.3 Å². The summed E-state index contributed by atoms with van der Waals surface area (Å²) < 4.78 is 6.06. The van der Waals surface area contributed by atoms with Crippen LogP contribution in [0.15, 0.2) is 30.3 Å². The first-order chi connectivity index (χ1) is 6.99. The van der Waals surface area contributed by atoms with Crippen molar-refractivity contribution in [1.29, 1.82) is 0 Å². The van der Waals surface area contributed by atoms with Crippen LogP contribution in [-0.2, 0) is 0 Å². The molecular formula is C13H22OP+. The van der Waals surface area contributed by atoms with Crippen LogP contribution in [0, 0.1) is 5.92 Å². The van der Waals surface area contributed by atoms with Gasteiger partial charge in [0.1, 0.15) is 0 Å². The van der Waals surface area contributed by atoms with E-state index in [0.29, 0.717) is 0 Å². The smallest absolute Gasteiger partial charge is 0.185 e. The molecule has 0 spiro atoms. The molecule has 1 aromatic carbocycles. The van der Waals surface area contributed by atoms with Crippen LogP contribution in [0.4, 0.5) is 0 Å². The zero-order valence-corrected chi connectivity index (χ0v) is 11.1. The van der Waals surface area contributed by atoms with E-state index in [1.807, 2.05) is 30.3 Å². The molecule has 0 saturated heterocycles. The lowest BCUT2D eigenvalue weighted by Crippen LogP contribution is -2.05. The summed E-state index contributed by atoms with van der Waals surface area (Å²) >= 11 is 0. The quantitative estimate of drug-likeness (QED) is 0.679. The Morgan fingerprint density at radius 3 is 2.27 bits per heavy atom. The van der Waals surface area contributed by atoms with Gasteiger partial charge in [-0.3, -0.25) is 0 Å². The average molecular weight is 225 g/mol. The standard InChI is InChI=1S/C13H22OP/c1-12(2)10-11-15(3,4)14-13-8-6-5-7-9-13/h5-9,12H,10-11H2,1-4H3/q+1. The fraction of sp³-hybridized carbons (Fsp3) is 0.538. The summed E-state index contributed by atoms with van der Waals surface area (Å²) in [5.41, 5.74) is 0. The molecule has 0 saturated carbocycles. The Morgan fingerprint density at radius 2 is 1.73 bits per heavy atom. The molecule has 15 heavy (non-hydrogen) atoms. The van der Waals surface area contributed by atoms with Crippen molar-refractivity contribution in [3.63, 3.8) is 0 Å². The fourth-order valence-corrected chi connectivity index (χ4v) is 3.30. The van der Waals surface area contributed by atoms with Crippen LogP contribution in [0.25, 0.3) is 0 Å². The third-order valence-electron chi connectivity index (χ3n) is 2.34. The van der Waals surface area contributed by atoms with E-state index < -0.39 is 7.49 Å². The summed E-state index contributed by atoms with van der Waals surface area (Å²) in [6, 6.07) is 10.1. The molecule has 0 aromatic heterocycles. The predicted molar refractivity (Wildman–Crippen MR) is 70.2 cm³/mol. The van der Waals surface area contributed by atoms with E-state index in [-0.39, 0.29) is 0 Å². The first kappa shape index (κ1) is 12.5. The van der Waals surface area contributed by atoms with E-state index >= 15 is 0 Å². The first-order valence-electron chi connectivity index (χ1n) is 5.57. The second kappa shape index (κ2) is 5.51. The number of hydrogen-bond acceptors (Lipinski definition) is 1. The Morgan fingerprint density at radius 1 is 1.13 bits per heavy atom. The van der Waals surface area contributed by atoms with Crippen LogP contribution in [0.5, 0.6) is 5.75 Å². The van der Waals surface area contributed by atoms with Gasteiger partial charge in [-0.25, -0.2) is 0 Å². The van der Waals surface area contributed by atoms with Crippen molar-refractivity contribution >= 4 is 7.49 Å². The molecule has 0 fully saturated rings. The van der Waals surface area contributed by atoms with Gasteiger partial charge in [-0.2, -0.15) is 0 Å². The molecule has 0 unspecified atom stereocenters. The minimum Gasteiger partial charge on any atom is -0.351 e. The Kier molecular flexibility index (Phi) is 4.60. The van der Waals surface area contributed by atoms with Crippen LogP contribution in [0.2, 0.25) is 0 Å². The van der Waals surface area contributed by atoms with Gasteiger partial charge in [0.05, 0.1) is 19.5 Å². The van der Waals surface area contributed by atoms with Crippen molar-refractivity contribution in [2.45, 2.75) is 20.3 Å². The molecule has 84 valence electrons. The maximum atomic E-state index is 6.06. The lowest BCUT2D eigenvalue weighted by Gasteiger charge is -2.18. The highest BCUT2D eigenvalue weighted by molar-refractivity contribution is 7.70. The van der Waals surface area contributed by atoms with Gasteiger partial charge in [-0.05, 0) is 24.5 Å². The maximum absolute atomic E-state index is 6.06.